The molecule has 10 heteroatoms. The summed E-state index contributed by atoms with van der Waals surface area (Å²) < 4.78 is 1.45. The molecule has 1 aromatic carbocycles. The molecule has 0 radical (unpaired) electrons. The van der Waals surface area contributed by atoms with Crippen LogP contribution in [0.3, 0.4) is 0 Å². The number of pyridine rings is 4. The molecule has 6 heterocycles. The SMILES string of the molecule is C.O=c1[nH]nc(-c2ccccn2)c2cccnc12.O=c1c2ncccc2c(-c2ccccn2)nn1Cc1ccccc1. The van der Waals surface area contributed by atoms with Crippen molar-refractivity contribution < 1.29 is 0 Å². The number of nitrogens with zero attached hydrogens (tertiary/aromatic N) is 7. The molecule has 7 aromatic rings. The lowest BCUT2D eigenvalue weighted by atomic mass is 10.1. The van der Waals surface area contributed by atoms with Crippen LogP contribution in [-0.2, 0) is 6.54 Å². The first-order valence-electron chi connectivity index (χ1n) is 12.7. The number of hydrogen-bond acceptors (Lipinski definition) is 8. The first-order valence-corrected chi connectivity index (χ1v) is 12.7. The quantitative estimate of drug-likeness (QED) is 0.324. The van der Waals surface area contributed by atoms with Crippen LogP contribution in [0.15, 0.2) is 125 Å². The fourth-order valence-corrected chi connectivity index (χ4v) is 4.36. The number of aromatic nitrogens is 8. The molecule has 0 aliphatic rings. The molecule has 0 bridgehead atoms. The molecule has 0 amide bonds. The van der Waals surface area contributed by atoms with Gasteiger partial charge in [-0.15, -0.1) is 0 Å². The van der Waals surface area contributed by atoms with Gasteiger partial charge in [-0.25, -0.2) is 9.78 Å². The average Bonchev–Trinajstić information content (AvgIpc) is 3.04. The molecule has 0 fully saturated rings. The van der Waals surface area contributed by atoms with Gasteiger partial charge in [0.2, 0.25) is 0 Å². The Morgan fingerprint density at radius 1 is 0.595 bits per heavy atom. The Morgan fingerprint density at radius 2 is 1.17 bits per heavy atom. The van der Waals surface area contributed by atoms with E-state index >= 15 is 0 Å². The smallest absolute Gasteiger partial charge is 0.266 e. The van der Waals surface area contributed by atoms with Gasteiger partial charge in [0.05, 0.1) is 17.9 Å². The normalized spacial score (nSPS) is 10.5. The largest absolute Gasteiger partial charge is 0.293 e. The number of benzene rings is 1. The first-order chi connectivity index (χ1) is 20.2. The Bertz CT molecular complexity index is 2060. The summed E-state index contributed by atoms with van der Waals surface area (Å²) in [7, 11) is 0. The fourth-order valence-electron chi connectivity index (χ4n) is 4.36. The molecule has 0 aliphatic carbocycles. The van der Waals surface area contributed by atoms with E-state index in [0.29, 0.717) is 45.4 Å². The maximum Gasteiger partial charge on any atom is 0.293 e. The monoisotopic (exact) mass is 554 g/mol. The van der Waals surface area contributed by atoms with Crippen molar-refractivity contribution in [3.63, 3.8) is 0 Å². The molecule has 0 atom stereocenters. The zero-order valence-electron chi connectivity index (χ0n) is 21.6. The summed E-state index contributed by atoms with van der Waals surface area (Å²) >= 11 is 0. The van der Waals surface area contributed by atoms with Crippen molar-refractivity contribution in [1.82, 2.24) is 39.9 Å². The van der Waals surface area contributed by atoms with E-state index in [1.54, 1.807) is 36.9 Å². The highest BCUT2D eigenvalue weighted by atomic mass is 16.1. The number of rotatable bonds is 4. The minimum absolute atomic E-state index is 0. The molecule has 0 saturated carbocycles. The maximum absolute atomic E-state index is 12.7. The second kappa shape index (κ2) is 12.5. The highest BCUT2D eigenvalue weighted by Crippen LogP contribution is 2.22. The Kier molecular flexibility index (Phi) is 8.24. The average molecular weight is 555 g/mol. The highest BCUT2D eigenvalue weighted by molar-refractivity contribution is 5.91. The van der Waals surface area contributed by atoms with Crippen molar-refractivity contribution in [3.05, 3.63) is 142 Å². The molecule has 7 rings (SSSR count). The molecule has 10 nitrogen and oxygen atoms in total. The van der Waals surface area contributed by atoms with E-state index in [0.717, 1.165) is 11.3 Å². The summed E-state index contributed by atoms with van der Waals surface area (Å²) in [5.41, 5.74) is 4.03. The van der Waals surface area contributed by atoms with Crippen molar-refractivity contribution in [1.29, 1.82) is 0 Å². The van der Waals surface area contributed by atoms with Gasteiger partial charge >= 0.3 is 0 Å². The van der Waals surface area contributed by atoms with Gasteiger partial charge in [-0.2, -0.15) is 10.2 Å². The van der Waals surface area contributed by atoms with Crippen LogP contribution in [0.5, 0.6) is 0 Å². The summed E-state index contributed by atoms with van der Waals surface area (Å²) in [5.74, 6) is 0. The second-order valence-corrected chi connectivity index (χ2v) is 8.93. The van der Waals surface area contributed by atoms with E-state index in [2.05, 4.69) is 35.2 Å². The first kappa shape index (κ1) is 27.7. The Labute approximate surface area is 240 Å². The van der Waals surface area contributed by atoms with E-state index in [-0.39, 0.29) is 18.5 Å². The fraction of sp³-hybridized carbons (Fsp3) is 0.0625. The van der Waals surface area contributed by atoms with Gasteiger partial charge in [0.15, 0.2) is 0 Å². The third kappa shape index (κ3) is 5.68. The third-order valence-corrected chi connectivity index (χ3v) is 6.26. The Hall–Kier alpha value is -5.90. The Morgan fingerprint density at radius 3 is 1.81 bits per heavy atom. The van der Waals surface area contributed by atoms with Crippen LogP contribution in [0.2, 0.25) is 0 Å². The third-order valence-electron chi connectivity index (χ3n) is 6.26. The zero-order valence-corrected chi connectivity index (χ0v) is 21.6. The van der Waals surface area contributed by atoms with Gasteiger partial charge in [0, 0.05) is 35.6 Å². The van der Waals surface area contributed by atoms with E-state index in [4.69, 9.17) is 0 Å². The molecule has 0 spiro atoms. The van der Waals surface area contributed by atoms with Gasteiger partial charge in [0.25, 0.3) is 11.1 Å². The van der Waals surface area contributed by atoms with Crippen LogP contribution in [-0.4, -0.2) is 39.9 Å². The van der Waals surface area contributed by atoms with Gasteiger partial charge in [-0.3, -0.25) is 29.5 Å². The minimum Gasteiger partial charge on any atom is -0.266 e. The lowest BCUT2D eigenvalue weighted by Crippen LogP contribution is -2.25. The topological polar surface area (TPSA) is 132 Å². The molecule has 0 saturated heterocycles. The van der Waals surface area contributed by atoms with Crippen LogP contribution in [0.1, 0.15) is 13.0 Å². The second-order valence-electron chi connectivity index (χ2n) is 8.93. The predicted octanol–water partition coefficient (Wildman–Crippen LogP) is 4.92. The molecule has 0 aliphatic heterocycles. The van der Waals surface area contributed by atoms with Crippen molar-refractivity contribution in [3.8, 4) is 22.8 Å². The van der Waals surface area contributed by atoms with Crippen molar-refractivity contribution in [2.45, 2.75) is 14.0 Å². The molecule has 0 unspecified atom stereocenters. The summed E-state index contributed by atoms with van der Waals surface area (Å²) in [4.78, 5) is 41.2. The standard InChI is InChI=1S/C19H14N4O.C12H8N4O.CH4/c24-19-18-15(9-6-12-21-18)17(16-10-4-5-11-20-16)22-23(19)13-14-7-2-1-3-8-14;17-12-11-8(4-3-7-14-11)10(15-16-12)9-5-1-2-6-13-9;/h1-12H,13H2;1-7H,(H,16,17);1H4. The van der Waals surface area contributed by atoms with Crippen molar-refractivity contribution >= 4 is 21.8 Å². The van der Waals surface area contributed by atoms with Gasteiger partial charge in [0.1, 0.15) is 22.4 Å². The van der Waals surface area contributed by atoms with Gasteiger partial charge < -0.3 is 0 Å². The molecular formula is C32H26N8O2. The molecule has 206 valence electrons. The zero-order chi connectivity index (χ0) is 28.0. The predicted molar refractivity (Wildman–Crippen MR) is 163 cm³/mol. The van der Waals surface area contributed by atoms with E-state index in [1.165, 1.54) is 4.68 Å². The van der Waals surface area contributed by atoms with E-state index in [1.807, 2.05) is 78.9 Å². The Balaban J connectivity index is 0.000000173. The summed E-state index contributed by atoms with van der Waals surface area (Å²) in [6.45, 7) is 0.395. The number of fused-ring (bicyclic) bond motifs is 2. The molecule has 1 N–H and O–H groups in total. The highest BCUT2D eigenvalue weighted by Gasteiger charge is 2.14. The van der Waals surface area contributed by atoms with Crippen molar-refractivity contribution in [2.24, 2.45) is 0 Å². The number of aromatic amines is 1. The van der Waals surface area contributed by atoms with Crippen LogP contribution < -0.4 is 11.1 Å². The molecular weight excluding hydrogens is 528 g/mol. The number of H-pyrrole nitrogens is 1. The van der Waals surface area contributed by atoms with Crippen LogP contribution in [0.25, 0.3) is 44.6 Å². The molecule has 42 heavy (non-hydrogen) atoms. The summed E-state index contributed by atoms with van der Waals surface area (Å²) in [6, 6.07) is 28.2. The summed E-state index contributed by atoms with van der Waals surface area (Å²) in [5, 5.41) is 12.5. The lowest BCUT2D eigenvalue weighted by molar-refractivity contribution is 0.648. The van der Waals surface area contributed by atoms with E-state index < -0.39 is 0 Å². The van der Waals surface area contributed by atoms with Crippen LogP contribution in [0.4, 0.5) is 0 Å². The van der Waals surface area contributed by atoms with Crippen LogP contribution >= 0.6 is 0 Å². The molecule has 6 aromatic heterocycles. The number of nitrogens with one attached hydrogen (secondary N) is 1. The van der Waals surface area contributed by atoms with E-state index in [9.17, 15) is 9.59 Å². The minimum atomic E-state index is -0.291. The van der Waals surface area contributed by atoms with Gasteiger partial charge in [-0.1, -0.05) is 49.9 Å². The number of hydrogen-bond donors (Lipinski definition) is 1. The van der Waals surface area contributed by atoms with Crippen molar-refractivity contribution in [2.75, 3.05) is 0 Å². The summed E-state index contributed by atoms with van der Waals surface area (Å²) in [6.07, 6.45) is 6.61. The van der Waals surface area contributed by atoms with Gasteiger partial charge in [-0.05, 0) is 54.1 Å². The lowest BCUT2D eigenvalue weighted by Gasteiger charge is -2.10. The maximum atomic E-state index is 12.7. The van der Waals surface area contributed by atoms with Crippen LogP contribution in [0, 0.1) is 0 Å².